The van der Waals surface area contributed by atoms with E-state index in [2.05, 4.69) is 16.7 Å². The average molecular weight is 321 g/mol. The van der Waals surface area contributed by atoms with Crippen LogP contribution in [0.5, 0.6) is 5.75 Å². The lowest BCUT2D eigenvalue weighted by Gasteiger charge is -2.06. The van der Waals surface area contributed by atoms with Gasteiger partial charge in [-0.15, -0.1) is 0 Å². The molecule has 2 aromatic rings. The molecule has 2 aromatic carbocycles. The van der Waals surface area contributed by atoms with Crippen molar-refractivity contribution in [3.63, 3.8) is 0 Å². The van der Waals surface area contributed by atoms with Crippen molar-refractivity contribution >= 4 is 11.6 Å². The van der Waals surface area contributed by atoms with Crippen LogP contribution in [0.3, 0.4) is 0 Å². The summed E-state index contributed by atoms with van der Waals surface area (Å²) in [5.41, 5.74) is 2.80. The number of nitrogens with one attached hydrogen (secondary N) is 2. The molecule has 5 heteroatoms. The number of nitriles is 1. The van der Waals surface area contributed by atoms with Crippen LogP contribution < -0.4 is 10.6 Å². The molecule has 0 heterocycles. The second kappa shape index (κ2) is 8.39. The Morgan fingerprint density at radius 3 is 2.75 bits per heavy atom. The number of phenols is 1. The number of phenolic OH excluding ortho intramolecular Hbond substituents is 1. The van der Waals surface area contributed by atoms with Gasteiger partial charge in [0.05, 0.1) is 0 Å². The highest BCUT2D eigenvalue weighted by Crippen LogP contribution is 2.15. The number of aromatic hydroxyl groups is 1. The standard InChI is InChI=1S/C19H19N3O2/c1-14-4-2-5-15(10-14)8-9-21-13-16(12-20)19(24)22-17-6-3-7-18(23)11-17/h2-7,10-11,13,21,23H,8-9H2,1H3,(H,22,24)/b16-13-. The zero-order valence-corrected chi connectivity index (χ0v) is 13.4. The number of anilines is 1. The van der Waals surface area contributed by atoms with Crippen molar-refractivity contribution in [2.24, 2.45) is 0 Å². The van der Waals surface area contributed by atoms with Crippen molar-refractivity contribution in [2.45, 2.75) is 13.3 Å². The molecular weight excluding hydrogens is 302 g/mol. The normalized spacial score (nSPS) is 10.8. The van der Waals surface area contributed by atoms with Crippen LogP contribution in [0.25, 0.3) is 0 Å². The third-order valence-corrected chi connectivity index (χ3v) is 3.36. The van der Waals surface area contributed by atoms with Gasteiger partial charge in [-0.1, -0.05) is 35.9 Å². The van der Waals surface area contributed by atoms with Crippen LogP contribution in [-0.4, -0.2) is 17.6 Å². The number of amides is 1. The van der Waals surface area contributed by atoms with E-state index in [0.29, 0.717) is 12.2 Å². The van der Waals surface area contributed by atoms with E-state index in [-0.39, 0.29) is 11.3 Å². The van der Waals surface area contributed by atoms with Crippen LogP contribution in [0.2, 0.25) is 0 Å². The smallest absolute Gasteiger partial charge is 0.267 e. The minimum Gasteiger partial charge on any atom is -0.508 e. The maximum atomic E-state index is 12.0. The molecule has 0 aromatic heterocycles. The van der Waals surface area contributed by atoms with E-state index < -0.39 is 5.91 Å². The number of carbonyl (C=O) groups is 1. The first kappa shape index (κ1) is 17.1. The molecule has 5 nitrogen and oxygen atoms in total. The third-order valence-electron chi connectivity index (χ3n) is 3.36. The van der Waals surface area contributed by atoms with Gasteiger partial charge in [0.2, 0.25) is 0 Å². The first-order valence-corrected chi connectivity index (χ1v) is 7.58. The van der Waals surface area contributed by atoms with Crippen molar-refractivity contribution in [2.75, 3.05) is 11.9 Å². The Morgan fingerprint density at radius 2 is 2.04 bits per heavy atom. The fourth-order valence-corrected chi connectivity index (χ4v) is 2.19. The number of benzene rings is 2. The predicted molar refractivity (Wildman–Crippen MR) is 93.3 cm³/mol. The monoisotopic (exact) mass is 321 g/mol. The second-order valence-corrected chi connectivity index (χ2v) is 5.37. The minimum atomic E-state index is -0.522. The Hall–Kier alpha value is -3.26. The minimum absolute atomic E-state index is 0.0254. The van der Waals surface area contributed by atoms with Crippen molar-refractivity contribution in [3.8, 4) is 11.8 Å². The van der Waals surface area contributed by atoms with Gasteiger partial charge in [0, 0.05) is 24.5 Å². The van der Waals surface area contributed by atoms with E-state index in [1.165, 1.54) is 29.5 Å². The highest BCUT2D eigenvalue weighted by atomic mass is 16.3. The van der Waals surface area contributed by atoms with Crippen molar-refractivity contribution in [3.05, 3.63) is 71.4 Å². The highest BCUT2D eigenvalue weighted by molar-refractivity contribution is 6.06. The maximum absolute atomic E-state index is 12.0. The number of hydrogen-bond acceptors (Lipinski definition) is 4. The Balaban J connectivity index is 1.89. The fourth-order valence-electron chi connectivity index (χ4n) is 2.19. The van der Waals surface area contributed by atoms with Crippen LogP contribution in [-0.2, 0) is 11.2 Å². The topological polar surface area (TPSA) is 85.2 Å². The van der Waals surface area contributed by atoms with E-state index in [1.54, 1.807) is 12.1 Å². The Bertz CT molecular complexity index is 791. The van der Waals surface area contributed by atoms with Gasteiger partial charge in [0.25, 0.3) is 5.91 Å². The Kier molecular flexibility index (Phi) is 5.98. The van der Waals surface area contributed by atoms with Crippen molar-refractivity contribution in [1.29, 1.82) is 5.26 Å². The largest absolute Gasteiger partial charge is 0.508 e. The molecule has 0 saturated heterocycles. The molecular formula is C19H19N3O2. The number of rotatable bonds is 6. The average Bonchev–Trinajstić information content (AvgIpc) is 2.55. The molecule has 24 heavy (non-hydrogen) atoms. The van der Waals surface area contributed by atoms with Crippen LogP contribution in [0, 0.1) is 18.3 Å². The lowest BCUT2D eigenvalue weighted by molar-refractivity contribution is -0.112. The van der Waals surface area contributed by atoms with Crippen LogP contribution in [0.1, 0.15) is 11.1 Å². The van der Waals surface area contributed by atoms with Gasteiger partial charge >= 0.3 is 0 Å². The van der Waals surface area contributed by atoms with E-state index in [1.807, 2.05) is 31.2 Å². The summed E-state index contributed by atoms with van der Waals surface area (Å²) < 4.78 is 0. The molecule has 3 N–H and O–H groups in total. The Morgan fingerprint density at radius 1 is 1.25 bits per heavy atom. The summed E-state index contributed by atoms with van der Waals surface area (Å²) in [4.78, 5) is 12.0. The number of hydrogen-bond donors (Lipinski definition) is 3. The molecule has 0 aliphatic carbocycles. The van der Waals surface area contributed by atoms with Gasteiger partial charge in [-0.3, -0.25) is 4.79 Å². The number of nitrogens with zero attached hydrogens (tertiary/aromatic N) is 1. The molecule has 0 atom stereocenters. The molecule has 0 bridgehead atoms. The summed E-state index contributed by atoms with van der Waals surface area (Å²) in [7, 11) is 0. The summed E-state index contributed by atoms with van der Waals surface area (Å²) in [6, 6.07) is 16.2. The first-order chi connectivity index (χ1) is 11.6. The summed E-state index contributed by atoms with van der Waals surface area (Å²) in [5.74, 6) is -0.474. The molecule has 0 saturated carbocycles. The first-order valence-electron chi connectivity index (χ1n) is 7.58. The molecule has 122 valence electrons. The number of carbonyl (C=O) groups excluding carboxylic acids is 1. The number of aryl methyl sites for hydroxylation is 1. The van der Waals surface area contributed by atoms with Gasteiger partial charge in [-0.2, -0.15) is 5.26 Å². The van der Waals surface area contributed by atoms with Crippen LogP contribution in [0.15, 0.2) is 60.3 Å². The van der Waals surface area contributed by atoms with Gasteiger partial charge in [0.15, 0.2) is 0 Å². The molecule has 0 radical (unpaired) electrons. The van der Waals surface area contributed by atoms with E-state index >= 15 is 0 Å². The van der Waals surface area contributed by atoms with Crippen molar-refractivity contribution in [1.82, 2.24) is 5.32 Å². The molecule has 1 amide bonds. The SMILES string of the molecule is Cc1cccc(CCN/C=C(/C#N)C(=O)Nc2cccc(O)c2)c1. The lowest BCUT2D eigenvalue weighted by atomic mass is 10.1. The van der Waals surface area contributed by atoms with E-state index in [4.69, 9.17) is 5.26 Å². The maximum Gasteiger partial charge on any atom is 0.267 e. The fraction of sp³-hybridized carbons (Fsp3) is 0.158. The van der Waals surface area contributed by atoms with E-state index in [9.17, 15) is 9.90 Å². The zero-order valence-electron chi connectivity index (χ0n) is 13.4. The lowest BCUT2D eigenvalue weighted by Crippen LogP contribution is -2.18. The van der Waals surface area contributed by atoms with Gasteiger partial charge in [-0.05, 0) is 31.0 Å². The summed E-state index contributed by atoms with van der Waals surface area (Å²) in [6.07, 6.45) is 2.21. The Labute approximate surface area is 141 Å². The summed E-state index contributed by atoms with van der Waals surface area (Å²) >= 11 is 0. The predicted octanol–water partition coefficient (Wildman–Crippen LogP) is 2.88. The van der Waals surface area contributed by atoms with Gasteiger partial charge in [-0.25, -0.2) is 0 Å². The summed E-state index contributed by atoms with van der Waals surface area (Å²) in [6.45, 7) is 2.66. The molecule has 0 fully saturated rings. The van der Waals surface area contributed by atoms with Crippen molar-refractivity contribution < 1.29 is 9.90 Å². The van der Waals surface area contributed by atoms with Gasteiger partial charge in [0.1, 0.15) is 17.4 Å². The quantitative estimate of drug-likeness (QED) is 0.434. The van der Waals surface area contributed by atoms with Gasteiger partial charge < -0.3 is 15.7 Å². The molecule has 0 spiro atoms. The van der Waals surface area contributed by atoms with Crippen LogP contribution >= 0.6 is 0 Å². The highest BCUT2D eigenvalue weighted by Gasteiger charge is 2.09. The second-order valence-electron chi connectivity index (χ2n) is 5.37. The zero-order chi connectivity index (χ0) is 17.4. The third kappa shape index (κ3) is 5.18. The molecule has 2 rings (SSSR count). The van der Waals surface area contributed by atoms with Crippen LogP contribution in [0.4, 0.5) is 5.69 Å². The molecule has 0 unspecified atom stereocenters. The van der Waals surface area contributed by atoms with E-state index in [0.717, 1.165) is 6.42 Å². The molecule has 0 aliphatic heterocycles. The summed E-state index contributed by atoms with van der Waals surface area (Å²) in [5, 5.41) is 24.1. The molecule has 0 aliphatic rings.